The molecule has 0 aliphatic heterocycles. The average molecular weight is 412 g/mol. The number of hydrogen-bond acceptors (Lipinski definition) is 5. The van der Waals surface area contributed by atoms with Crippen LogP contribution in [-0.4, -0.2) is 22.0 Å². The summed E-state index contributed by atoms with van der Waals surface area (Å²) in [6.07, 6.45) is 0. The van der Waals surface area contributed by atoms with Crippen LogP contribution in [0.2, 0.25) is 0 Å². The molecule has 4 rings (SSSR count). The lowest BCUT2D eigenvalue weighted by atomic mass is 9.93. The van der Waals surface area contributed by atoms with Crippen LogP contribution in [-0.2, 0) is 5.54 Å². The number of fused-ring (bicyclic) bond motifs is 1. The second-order valence-electron chi connectivity index (χ2n) is 6.92. The standard InChI is InChI=1S/C20H17FN4O3S/c1-20(2,11-6-3-4-7-12(11)21)23-18(26)14-10-13-16(28-14)17(25-24-13)22-19(27)15-8-5-9-29-15/h3-10H,1-2H3,(H,23,26)(H2,22,24,25,27). The molecule has 2 amide bonds. The van der Waals surface area contributed by atoms with Crippen molar-refractivity contribution in [3.05, 3.63) is 69.9 Å². The highest BCUT2D eigenvalue weighted by molar-refractivity contribution is 7.12. The summed E-state index contributed by atoms with van der Waals surface area (Å²) < 4.78 is 19.7. The number of thiophene rings is 1. The van der Waals surface area contributed by atoms with E-state index in [9.17, 15) is 14.0 Å². The molecular formula is C20H17FN4O3S. The molecule has 3 aromatic heterocycles. The lowest BCUT2D eigenvalue weighted by Gasteiger charge is -2.26. The Kier molecular flexibility index (Phi) is 4.67. The van der Waals surface area contributed by atoms with Crippen molar-refractivity contribution in [1.82, 2.24) is 15.5 Å². The molecule has 0 saturated heterocycles. The van der Waals surface area contributed by atoms with Gasteiger partial charge in [-0.1, -0.05) is 24.3 Å². The van der Waals surface area contributed by atoms with E-state index >= 15 is 0 Å². The van der Waals surface area contributed by atoms with Gasteiger partial charge in [-0.15, -0.1) is 11.3 Å². The van der Waals surface area contributed by atoms with Crippen molar-refractivity contribution in [3.63, 3.8) is 0 Å². The van der Waals surface area contributed by atoms with Crippen LogP contribution in [0.1, 0.15) is 39.6 Å². The molecule has 4 aromatic rings. The molecule has 0 radical (unpaired) electrons. The van der Waals surface area contributed by atoms with Gasteiger partial charge in [0, 0.05) is 11.6 Å². The first-order chi connectivity index (χ1) is 13.8. The lowest BCUT2D eigenvalue weighted by Crippen LogP contribution is -2.41. The minimum Gasteiger partial charge on any atom is -0.445 e. The Bertz CT molecular complexity index is 1190. The van der Waals surface area contributed by atoms with Gasteiger partial charge in [0.25, 0.3) is 11.8 Å². The fourth-order valence-electron chi connectivity index (χ4n) is 2.97. The Morgan fingerprint density at radius 3 is 2.69 bits per heavy atom. The first-order valence-electron chi connectivity index (χ1n) is 8.75. The first-order valence-corrected chi connectivity index (χ1v) is 9.63. The molecule has 0 fully saturated rings. The van der Waals surface area contributed by atoms with Crippen molar-refractivity contribution in [2.24, 2.45) is 0 Å². The van der Waals surface area contributed by atoms with Gasteiger partial charge >= 0.3 is 0 Å². The minimum atomic E-state index is -0.961. The van der Waals surface area contributed by atoms with Crippen LogP contribution in [0.15, 0.2) is 52.3 Å². The Labute approximate surface area is 168 Å². The maximum Gasteiger partial charge on any atom is 0.287 e. The molecule has 29 heavy (non-hydrogen) atoms. The molecule has 0 spiro atoms. The molecule has 0 aliphatic carbocycles. The van der Waals surface area contributed by atoms with Crippen LogP contribution in [0.25, 0.3) is 11.1 Å². The number of carbonyl (C=O) groups excluding carboxylic acids is 2. The summed E-state index contributed by atoms with van der Waals surface area (Å²) in [5.41, 5.74) is 0.109. The van der Waals surface area contributed by atoms with E-state index in [0.29, 0.717) is 16.0 Å². The number of benzene rings is 1. The second-order valence-corrected chi connectivity index (χ2v) is 7.86. The molecule has 9 heteroatoms. The summed E-state index contributed by atoms with van der Waals surface area (Å²) in [7, 11) is 0. The largest absolute Gasteiger partial charge is 0.445 e. The predicted molar refractivity (Wildman–Crippen MR) is 108 cm³/mol. The van der Waals surface area contributed by atoms with Crippen molar-refractivity contribution in [3.8, 4) is 0 Å². The van der Waals surface area contributed by atoms with Gasteiger partial charge in [0.05, 0.1) is 10.4 Å². The maximum absolute atomic E-state index is 14.1. The van der Waals surface area contributed by atoms with Gasteiger partial charge in [-0.25, -0.2) is 4.39 Å². The number of amides is 2. The topological polar surface area (TPSA) is 100 Å². The normalized spacial score (nSPS) is 11.6. The molecule has 7 nitrogen and oxygen atoms in total. The molecule has 0 unspecified atom stereocenters. The summed E-state index contributed by atoms with van der Waals surface area (Å²) in [6.45, 7) is 3.40. The fourth-order valence-corrected chi connectivity index (χ4v) is 3.59. The molecule has 0 atom stereocenters. The van der Waals surface area contributed by atoms with Crippen molar-refractivity contribution in [2.75, 3.05) is 5.32 Å². The number of rotatable bonds is 5. The van der Waals surface area contributed by atoms with Crippen LogP contribution in [0.4, 0.5) is 10.2 Å². The van der Waals surface area contributed by atoms with E-state index < -0.39 is 17.3 Å². The number of hydrogen-bond donors (Lipinski definition) is 3. The summed E-state index contributed by atoms with van der Waals surface area (Å²) >= 11 is 1.30. The number of aromatic amines is 1. The van der Waals surface area contributed by atoms with Gasteiger partial charge in [0.1, 0.15) is 11.3 Å². The highest BCUT2D eigenvalue weighted by atomic mass is 32.1. The zero-order valence-corrected chi connectivity index (χ0v) is 16.4. The maximum atomic E-state index is 14.1. The molecule has 3 heterocycles. The minimum absolute atomic E-state index is 0.0182. The molecular weight excluding hydrogens is 395 g/mol. The smallest absolute Gasteiger partial charge is 0.287 e. The van der Waals surface area contributed by atoms with Crippen LogP contribution in [0.5, 0.6) is 0 Å². The van der Waals surface area contributed by atoms with E-state index in [1.165, 1.54) is 23.5 Å². The van der Waals surface area contributed by atoms with Gasteiger partial charge in [-0.05, 0) is 31.4 Å². The predicted octanol–water partition coefficient (Wildman–Crippen LogP) is 4.27. The van der Waals surface area contributed by atoms with E-state index in [-0.39, 0.29) is 23.1 Å². The van der Waals surface area contributed by atoms with E-state index in [2.05, 4.69) is 20.8 Å². The zero-order chi connectivity index (χ0) is 20.6. The van der Waals surface area contributed by atoms with E-state index in [0.717, 1.165) is 0 Å². The number of carbonyl (C=O) groups is 2. The van der Waals surface area contributed by atoms with Gasteiger partial charge in [-0.2, -0.15) is 5.10 Å². The van der Waals surface area contributed by atoms with Gasteiger partial charge in [0.15, 0.2) is 17.2 Å². The summed E-state index contributed by atoms with van der Waals surface area (Å²) in [5, 5.41) is 14.0. The van der Waals surface area contributed by atoms with Gasteiger partial charge < -0.3 is 15.1 Å². The summed E-state index contributed by atoms with van der Waals surface area (Å²) in [5.74, 6) is -1.04. The Hall–Kier alpha value is -3.46. The number of furan rings is 1. The first kappa shape index (κ1) is 18.9. The lowest BCUT2D eigenvalue weighted by molar-refractivity contribution is 0.0884. The average Bonchev–Trinajstić information content (AvgIpc) is 3.40. The molecule has 0 bridgehead atoms. The SMILES string of the molecule is CC(C)(NC(=O)c1cc2[nH]nc(NC(=O)c3cccs3)c2o1)c1ccccc1F. The quantitative estimate of drug-likeness (QED) is 0.456. The number of nitrogens with one attached hydrogen (secondary N) is 3. The van der Waals surface area contributed by atoms with Gasteiger partial charge in [-0.3, -0.25) is 14.7 Å². The van der Waals surface area contributed by atoms with Crippen LogP contribution >= 0.6 is 11.3 Å². The molecule has 3 N–H and O–H groups in total. The fraction of sp³-hybridized carbons (Fsp3) is 0.150. The second kappa shape index (κ2) is 7.17. The number of halogens is 1. The van der Waals surface area contributed by atoms with Crippen LogP contribution in [0, 0.1) is 5.82 Å². The third-order valence-corrected chi connectivity index (χ3v) is 5.28. The van der Waals surface area contributed by atoms with Crippen molar-refractivity contribution in [1.29, 1.82) is 0 Å². The van der Waals surface area contributed by atoms with E-state index in [4.69, 9.17) is 4.42 Å². The van der Waals surface area contributed by atoms with Crippen molar-refractivity contribution < 1.29 is 18.4 Å². The number of aromatic nitrogens is 2. The third-order valence-electron chi connectivity index (χ3n) is 4.41. The van der Waals surface area contributed by atoms with E-state index in [1.54, 1.807) is 49.6 Å². The Morgan fingerprint density at radius 1 is 1.17 bits per heavy atom. The molecule has 0 saturated carbocycles. The highest BCUT2D eigenvalue weighted by Crippen LogP contribution is 2.27. The number of nitrogens with zero attached hydrogens (tertiary/aromatic N) is 1. The Balaban J connectivity index is 1.55. The van der Waals surface area contributed by atoms with Crippen molar-refractivity contribution in [2.45, 2.75) is 19.4 Å². The molecule has 148 valence electrons. The highest BCUT2D eigenvalue weighted by Gasteiger charge is 2.28. The van der Waals surface area contributed by atoms with Crippen LogP contribution < -0.4 is 10.6 Å². The van der Waals surface area contributed by atoms with Crippen molar-refractivity contribution >= 4 is 40.1 Å². The molecule has 0 aliphatic rings. The zero-order valence-electron chi connectivity index (χ0n) is 15.6. The van der Waals surface area contributed by atoms with Crippen LogP contribution in [0.3, 0.4) is 0 Å². The number of H-pyrrole nitrogens is 1. The molecule has 1 aromatic carbocycles. The van der Waals surface area contributed by atoms with E-state index in [1.807, 2.05) is 0 Å². The summed E-state index contributed by atoms with van der Waals surface area (Å²) in [6, 6.07) is 11.2. The Morgan fingerprint density at radius 2 is 1.97 bits per heavy atom. The third kappa shape index (κ3) is 3.64. The van der Waals surface area contributed by atoms with Gasteiger partial charge in [0.2, 0.25) is 0 Å². The monoisotopic (exact) mass is 412 g/mol. The number of anilines is 1. The summed E-state index contributed by atoms with van der Waals surface area (Å²) in [4.78, 5) is 25.4.